The lowest BCUT2D eigenvalue weighted by atomic mass is 9.82. The van der Waals surface area contributed by atoms with Gasteiger partial charge in [0.15, 0.2) is 5.11 Å². The molecule has 2 aromatic rings. The molecule has 8 heteroatoms. The van der Waals surface area contributed by atoms with E-state index in [4.69, 9.17) is 28.8 Å². The molecule has 192 valence electrons. The second-order valence-corrected chi connectivity index (χ2v) is 11.0. The van der Waals surface area contributed by atoms with Crippen molar-refractivity contribution in [3.63, 3.8) is 0 Å². The van der Waals surface area contributed by atoms with Gasteiger partial charge in [0.05, 0.1) is 11.4 Å². The average Bonchev–Trinajstić information content (AvgIpc) is 2.97. The number of amides is 1. The summed E-state index contributed by atoms with van der Waals surface area (Å²) in [4.78, 5) is 19.9. The van der Waals surface area contributed by atoms with Crippen molar-refractivity contribution < 1.29 is 4.79 Å². The molecule has 1 amide bonds. The summed E-state index contributed by atoms with van der Waals surface area (Å²) in [5.74, 6) is 1.17. The SMILES string of the molecule is CC(C)NCC1CCC(CNC(=S)NC2N=C(c3ccccc3)c3cc(Cl)ccc3N(C)C2=O)CC1. The quantitative estimate of drug-likeness (QED) is 0.455. The van der Waals surface area contributed by atoms with E-state index in [1.165, 1.54) is 25.7 Å². The smallest absolute Gasteiger partial charge is 0.272 e. The van der Waals surface area contributed by atoms with E-state index >= 15 is 0 Å². The van der Waals surface area contributed by atoms with Crippen molar-refractivity contribution in [2.45, 2.75) is 51.7 Å². The number of hydrogen-bond donors (Lipinski definition) is 3. The third kappa shape index (κ3) is 6.64. The molecule has 0 aromatic heterocycles. The average molecular weight is 526 g/mol. The third-order valence-corrected chi connectivity index (χ3v) is 7.54. The number of carbonyl (C=O) groups excluding carboxylic acids is 1. The van der Waals surface area contributed by atoms with Gasteiger partial charge >= 0.3 is 0 Å². The Morgan fingerprint density at radius 3 is 2.42 bits per heavy atom. The zero-order chi connectivity index (χ0) is 25.7. The first-order valence-electron chi connectivity index (χ1n) is 12.8. The molecule has 0 radical (unpaired) electrons. The maximum atomic E-state index is 13.4. The maximum absolute atomic E-state index is 13.4. The van der Waals surface area contributed by atoms with E-state index in [9.17, 15) is 4.79 Å². The van der Waals surface area contributed by atoms with Crippen LogP contribution in [0.3, 0.4) is 0 Å². The summed E-state index contributed by atoms with van der Waals surface area (Å²) >= 11 is 11.9. The van der Waals surface area contributed by atoms with Gasteiger partial charge in [0, 0.05) is 35.8 Å². The monoisotopic (exact) mass is 525 g/mol. The fourth-order valence-electron chi connectivity index (χ4n) is 4.92. The van der Waals surface area contributed by atoms with Crippen LogP contribution in [0.4, 0.5) is 5.69 Å². The molecule has 3 N–H and O–H groups in total. The highest BCUT2D eigenvalue weighted by Gasteiger charge is 2.31. The normalized spacial score (nSPS) is 22.0. The fourth-order valence-corrected chi connectivity index (χ4v) is 5.29. The molecule has 1 fully saturated rings. The number of anilines is 1. The Labute approximate surface area is 224 Å². The van der Waals surface area contributed by atoms with Crippen molar-refractivity contribution in [1.29, 1.82) is 0 Å². The minimum Gasteiger partial charge on any atom is -0.362 e. The van der Waals surface area contributed by atoms with Crippen LogP contribution in [0, 0.1) is 11.8 Å². The minimum absolute atomic E-state index is 0.174. The van der Waals surface area contributed by atoms with E-state index in [0.29, 0.717) is 27.8 Å². The molecule has 1 aliphatic heterocycles. The van der Waals surface area contributed by atoms with Gasteiger partial charge in [-0.05, 0) is 74.5 Å². The number of halogens is 1. The highest BCUT2D eigenvalue weighted by Crippen LogP contribution is 2.30. The van der Waals surface area contributed by atoms with E-state index in [0.717, 1.165) is 35.8 Å². The van der Waals surface area contributed by atoms with Crippen molar-refractivity contribution >= 4 is 46.2 Å². The van der Waals surface area contributed by atoms with Crippen molar-refractivity contribution in [3.05, 3.63) is 64.7 Å². The lowest BCUT2D eigenvalue weighted by Crippen LogP contribution is -2.50. The molecule has 6 nitrogen and oxygen atoms in total. The molecule has 2 aliphatic rings. The molecule has 4 rings (SSSR count). The number of carbonyl (C=O) groups is 1. The van der Waals surface area contributed by atoms with Crippen LogP contribution in [0.1, 0.15) is 50.7 Å². The van der Waals surface area contributed by atoms with Gasteiger partial charge in [-0.25, -0.2) is 4.99 Å². The summed E-state index contributed by atoms with van der Waals surface area (Å²) in [5, 5.41) is 11.1. The van der Waals surface area contributed by atoms with Crippen LogP contribution in [0.2, 0.25) is 5.02 Å². The molecule has 0 bridgehead atoms. The number of nitrogens with zero attached hydrogens (tertiary/aromatic N) is 2. The summed E-state index contributed by atoms with van der Waals surface area (Å²) in [6, 6.07) is 15.9. The zero-order valence-electron chi connectivity index (χ0n) is 21.3. The lowest BCUT2D eigenvalue weighted by Gasteiger charge is -2.30. The van der Waals surface area contributed by atoms with Gasteiger partial charge in [0.25, 0.3) is 5.91 Å². The molecule has 36 heavy (non-hydrogen) atoms. The summed E-state index contributed by atoms with van der Waals surface area (Å²) in [5.41, 5.74) is 3.20. The van der Waals surface area contributed by atoms with Crippen LogP contribution in [-0.2, 0) is 4.79 Å². The highest BCUT2D eigenvalue weighted by molar-refractivity contribution is 7.80. The first kappa shape index (κ1) is 26.6. The van der Waals surface area contributed by atoms with Gasteiger partial charge in [-0.1, -0.05) is 55.8 Å². The molecule has 1 saturated carbocycles. The van der Waals surface area contributed by atoms with Gasteiger partial charge in [-0.15, -0.1) is 0 Å². The molecule has 1 heterocycles. The van der Waals surface area contributed by atoms with Crippen molar-refractivity contribution in [1.82, 2.24) is 16.0 Å². The largest absolute Gasteiger partial charge is 0.362 e. The van der Waals surface area contributed by atoms with E-state index in [1.807, 2.05) is 42.5 Å². The molecule has 0 spiro atoms. The molecule has 1 atom stereocenters. The Balaban J connectivity index is 1.43. The number of fused-ring (bicyclic) bond motifs is 1. The van der Waals surface area contributed by atoms with Crippen LogP contribution in [0.25, 0.3) is 0 Å². The topological polar surface area (TPSA) is 68.8 Å². The van der Waals surface area contributed by atoms with Gasteiger partial charge < -0.3 is 20.9 Å². The Morgan fingerprint density at radius 1 is 1.08 bits per heavy atom. The van der Waals surface area contributed by atoms with Gasteiger partial charge in [0.2, 0.25) is 6.17 Å². The van der Waals surface area contributed by atoms with Crippen LogP contribution in [0.15, 0.2) is 53.5 Å². The van der Waals surface area contributed by atoms with Crippen molar-refractivity contribution in [2.75, 3.05) is 25.0 Å². The molecule has 0 saturated heterocycles. The zero-order valence-corrected chi connectivity index (χ0v) is 22.8. The first-order valence-corrected chi connectivity index (χ1v) is 13.6. The number of thiocarbonyl (C=S) groups is 1. The predicted octanol–water partition coefficient (Wildman–Crippen LogP) is 4.75. The minimum atomic E-state index is -0.839. The highest BCUT2D eigenvalue weighted by atomic mass is 35.5. The molecule has 1 aliphatic carbocycles. The predicted molar refractivity (Wildman–Crippen MR) is 153 cm³/mol. The fraction of sp³-hybridized carbons (Fsp3) is 0.464. The molecular formula is C28H36ClN5OS. The van der Waals surface area contributed by atoms with Crippen molar-refractivity contribution in [2.24, 2.45) is 16.8 Å². The van der Waals surface area contributed by atoms with Crippen LogP contribution < -0.4 is 20.9 Å². The van der Waals surface area contributed by atoms with Crippen LogP contribution in [-0.4, -0.2) is 49.1 Å². The van der Waals surface area contributed by atoms with E-state index in [2.05, 4.69) is 29.8 Å². The maximum Gasteiger partial charge on any atom is 0.272 e. The van der Waals surface area contributed by atoms with E-state index < -0.39 is 6.17 Å². The summed E-state index contributed by atoms with van der Waals surface area (Å²) in [6.07, 6.45) is 4.02. The Morgan fingerprint density at radius 2 is 1.75 bits per heavy atom. The second-order valence-electron chi connectivity index (χ2n) is 10.1. The first-order chi connectivity index (χ1) is 17.3. The number of nitrogens with one attached hydrogen (secondary N) is 3. The number of likely N-dealkylation sites (N-methyl/N-ethyl adjacent to an activating group) is 1. The van der Waals surface area contributed by atoms with Crippen LogP contribution in [0.5, 0.6) is 0 Å². The van der Waals surface area contributed by atoms with E-state index in [1.54, 1.807) is 18.0 Å². The van der Waals surface area contributed by atoms with E-state index in [-0.39, 0.29) is 5.91 Å². The Kier molecular flexibility index (Phi) is 8.99. The summed E-state index contributed by atoms with van der Waals surface area (Å²) < 4.78 is 0. The third-order valence-electron chi connectivity index (χ3n) is 7.05. The number of aliphatic imine (C=N–C) groups is 1. The lowest BCUT2D eigenvalue weighted by molar-refractivity contribution is -0.119. The van der Waals surface area contributed by atoms with Crippen LogP contribution >= 0.6 is 23.8 Å². The van der Waals surface area contributed by atoms with Gasteiger partial charge in [-0.3, -0.25) is 4.79 Å². The second kappa shape index (κ2) is 12.2. The number of hydrogen-bond acceptors (Lipinski definition) is 4. The molecule has 2 aromatic carbocycles. The summed E-state index contributed by atoms with van der Waals surface area (Å²) in [6.45, 7) is 6.30. The summed E-state index contributed by atoms with van der Waals surface area (Å²) in [7, 11) is 1.76. The Bertz CT molecular complexity index is 1100. The van der Waals surface area contributed by atoms with Crippen molar-refractivity contribution in [3.8, 4) is 0 Å². The molecule has 1 unspecified atom stereocenters. The number of rotatable bonds is 7. The number of benzene rings is 2. The Hall–Kier alpha value is -2.48. The van der Waals surface area contributed by atoms with Gasteiger partial charge in [0.1, 0.15) is 0 Å². The molecular weight excluding hydrogens is 490 g/mol. The van der Waals surface area contributed by atoms with Gasteiger partial charge in [-0.2, -0.15) is 0 Å². The standard InChI is InChI=1S/C28H36ClN5OS/c1-18(2)30-16-19-9-11-20(12-10-19)17-31-28(36)33-26-27(35)34(3)24-14-13-22(29)15-23(24)25(32-26)21-7-5-4-6-8-21/h4-8,13-15,18-20,26,30H,9-12,16-17H2,1-3H3,(H2,31,33,36). The number of benzodiazepines with no additional fused rings is 1.